The first-order valence-corrected chi connectivity index (χ1v) is 5.86. The number of nitrogens with two attached hydrogens (primary N) is 1. The van der Waals surface area contributed by atoms with Gasteiger partial charge in [-0.3, -0.25) is 0 Å². The van der Waals surface area contributed by atoms with Crippen LogP contribution in [0.5, 0.6) is 11.5 Å². The molecule has 0 unspecified atom stereocenters. The Kier molecular flexibility index (Phi) is 3.56. The molecule has 0 amide bonds. The van der Waals surface area contributed by atoms with Crippen molar-refractivity contribution in [3.63, 3.8) is 0 Å². The average molecular weight is 242 g/mol. The molecule has 16 heavy (non-hydrogen) atoms. The van der Waals surface area contributed by atoms with Gasteiger partial charge in [0, 0.05) is 12.0 Å². The number of rotatable bonds is 4. The molecule has 2 rings (SSSR count). The average Bonchev–Trinajstić information content (AvgIpc) is 2.75. The zero-order chi connectivity index (χ0) is 11.5. The first kappa shape index (κ1) is 11.6. The minimum Gasteiger partial charge on any atom is -0.495 e. The number of hydrogen-bond donors (Lipinski definition) is 1. The summed E-state index contributed by atoms with van der Waals surface area (Å²) >= 11 is 6.18. The zero-order valence-electron chi connectivity index (χ0n) is 9.38. The molecule has 0 atom stereocenters. The van der Waals surface area contributed by atoms with Crippen LogP contribution in [0.3, 0.4) is 0 Å². The van der Waals surface area contributed by atoms with Gasteiger partial charge in [0.1, 0.15) is 11.5 Å². The fraction of sp³-hybridized carbons (Fsp3) is 0.500. The van der Waals surface area contributed by atoms with Crippen molar-refractivity contribution in [2.24, 2.45) is 5.73 Å². The SMILES string of the molecule is COc1c(Cl)cc(CCCN)c2c1CCO2. The van der Waals surface area contributed by atoms with Gasteiger partial charge in [-0.05, 0) is 31.0 Å². The van der Waals surface area contributed by atoms with Crippen molar-refractivity contribution < 1.29 is 9.47 Å². The van der Waals surface area contributed by atoms with Gasteiger partial charge in [-0.1, -0.05) is 11.6 Å². The molecule has 0 radical (unpaired) electrons. The number of fused-ring (bicyclic) bond motifs is 1. The molecular weight excluding hydrogens is 226 g/mol. The van der Waals surface area contributed by atoms with E-state index in [0.29, 0.717) is 18.2 Å². The highest BCUT2D eigenvalue weighted by atomic mass is 35.5. The van der Waals surface area contributed by atoms with Gasteiger partial charge in [0.15, 0.2) is 0 Å². The Morgan fingerprint density at radius 3 is 3.06 bits per heavy atom. The molecule has 4 heteroatoms. The molecule has 1 aliphatic rings. The van der Waals surface area contributed by atoms with Crippen LogP contribution in [0.1, 0.15) is 17.5 Å². The first-order valence-electron chi connectivity index (χ1n) is 5.49. The molecule has 1 heterocycles. The van der Waals surface area contributed by atoms with Crippen LogP contribution >= 0.6 is 11.6 Å². The maximum absolute atomic E-state index is 6.18. The van der Waals surface area contributed by atoms with E-state index in [4.69, 9.17) is 26.8 Å². The summed E-state index contributed by atoms with van der Waals surface area (Å²) in [5.41, 5.74) is 7.76. The van der Waals surface area contributed by atoms with Crippen LogP contribution in [0.25, 0.3) is 0 Å². The third-order valence-electron chi connectivity index (χ3n) is 2.81. The normalized spacial score (nSPS) is 13.4. The molecule has 0 aromatic heterocycles. The minimum absolute atomic E-state index is 0.666. The predicted octanol–water partition coefficient (Wildman–Crippen LogP) is 2.17. The van der Waals surface area contributed by atoms with E-state index in [2.05, 4.69) is 0 Å². The van der Waals surface area contributed by atoms with Gasteiger partial charge in [0.25, 0.3) is 0 Å². The lowest BCUT2D eigenvalue weighted by molar-refractivity contribution is 0.353. The number of hydrogen-bond acceptors (Lipinski definition) is 3. The molecule has 1 aromatic carbocycles. The minimum atomic E-state index is 0.666. The Morgan fingerprint density at radius 1 is 1.56 bits per heavy atom. The summed E-state index contributed by atoms with van der Waals surface area (Å²) in [5.74, 6) is 1.71. The van der Waals surface area contributed by atoms with Crippen LogP contribution < -0.4 is 15.2 Å². The van der Waals surface area contributed by atoms with E-state index in [9.17, 15) is 0 Å². The highest BCUT2D eigenvalue weighted by Gasteiger charge is 2.23. The van der Waals surface area contributed by atoms with Gasteiger partial charge < -0.3 is 15.2 Å². The highest BCUT2D eigenvalue weighted by molar-refractivity contribution is 6.32. The predicted molar refractivity (Wildman–Crippen MR) is 64.6 cm³/mol. The fourth-order valence-electron chi connectivity index (χ4n) is 2.09. The summed E-state index contributed by atoms with van der Waals surface area (Å²) in [4.78, 5) is 0. The zero-order valence-corrected chi connectivity index (χ0v) is 10.1. The van der Waals surface area contributed by atoms with Gasteiger partial charge in [0.2, 0.25) is 0 Å². The Labute approximate surface area is 100 Å². The van der Waals surface area contributed by atoms with Gasteiger partial charge in [-0.25, -0.2) is 0 Å². The molecule has 0 bridgehead atoms. The summed E-state index contributed by atoms with van der Waals surface area (Å²) in [6, 6.07) is 1.93. The summed E-state index contributed by atoms with van der Waals surface area (Å²) in [7, 11) is 1.64. The van der Waals surface area contributed by atoms with E-state index in [1.165, 1.54) is 0 Å². The van der Waals surface area contributed by atoms with E-state index in [0.717, 1.165) is 41.9 Å². The lowest BCUT2D eigenvalue weighted by Gasteiger charge is -2.12. The van der Waals surface area contributed by atoms with Gasteiger partial charge in [-0.15, -0.1) is 0 Å². The van der Waals surface area contributed by atoms with Gasteiger partial charge >= 0.3 is 0 Å². The van der Waals surface area contributed by atoms with Crippen LogP contribution in [0.15, 0.2) is 6.07 Å². The van der Waals surface area contributed by atoms with E-state index < -0.39 is 0 Å². The van der Waals surface area contributed by atoms with Crippen molar-refractivity contribution in [2.75, 3.05) is 20.3 Å². The maximum atomic E-state index is 6.18. The lowest BCUT2D eigenvalue weighted by Crippen LogP contribution is -2.02. The fourth-order valence-corrected chi connectivity index (χ4v) is 2.41. The van der Waals surface area contributed by atoms with Crippen molar-refractivity contribution in [1.82, 2.24) is 0 Å². The smallest absolute Gasteiger partial charge is 0.144 e. The molecule has 1 aromatic rings. The topological polar surface area (TPSA) is 44.5 Å². The molecule has 0 saturated carbocycles. The summed E-state index contributed by atoms with van der Waals surface area (Å²) in [6.45, 7) is 1.39. The number of aryl methyl sites for hydroxylation is 1. The monoisotopic (exact) mass is 241 g/mol. The molecule has 0 spiro atoms. The Hall–Kier alpha value is -0.930. The van der Waals surface area contributed by atoms with Crippen LogP contribution in [-0.4, -0.2) is 20.3 Å². The molecule has 0 saturated heterocycles. The molecule has 88 valence electrons. The lowest BCUT2D eigenvalue weighted by atomic mass is 10.0. The third kappa shape index (κ3) is 1.97. The van der Waals surface area contributed by atoms with Crippen molar-refractivity contribution >= 4 is 11.6 Å². The number of ether oxygens (including phenoxy) is 2. The van der Waals surface area contributed by atoms with Crippen LogP contribution in [0, 0.1) is 0 Å². The van der Waals surface area contributed by atoms with Crippen molar-refractivity contribution in [3.05, 3.63) is 22.2 Å². The third-order valence-corrected chi connectivity index (χ3v) is 3.09. The van der Waals surface area contributed by atoms with Gasteiger partial charge in [-0.2, -0.15) is 0 Å². The standard InChI is InChI=1S/C12H16ClNO2/c1-15-12-9-4-6-16-11(9)8(3-2-5-14)7-10(12)13/h7H,2-6,14H2,1H3. The van der Waals surface area contributed by atoms with E-state index in [-0.39, 0.29) is 0 Å². The Bertz CT molecular complexity index is 393. The second-order valence-corrected chi connectivity index (χ2v) is 4.26. The van der Waals surface area contributed by atoms with E-state index in [1.54, 1.807) is 7.11 Å². The molecule has 0 fully saturated rings. The maximum Gasteiger partial charge on any atom is 0.144 e. The summed E-state index contributed by atoms with van der Waals surface area (Å²) < 4.78 is 11.0. The Balaban J connectivity index is 2.40. The highest BCUT2D eigenvalue weighted by Crippen LogP contribution is 2.42. The molecule has 1 aliphatic heterocycles. The number of benzene rings is 1. The molecule has 3 nitrogen and oxygen atoms in total. The number of halogens is 1. The summed E-state index contributed by atoms with van der Waals surface area (Å²) in [6.07, 6.45) is 2.72. The van der Waals surface area contributed by atoms with Gasteiger partial charge in [0.05, 0.1) is 18.7 Å². The second-order valence-electron chi connectivity index (χ2n) is 3.85. The van der Waals surface area contributed by atoms with Crippen molar-refractivity contribution in [2.45, 2.75) is 19.3 Å². The van der Waals surface area contributed by atoms with Crippen LogP contribution in [0.4, 0.5) is 0 Å². The molecule has 0 aliphatic carbocycles. The van der Waals surface area contributed by atoms with Crippen molar-refractivity contribution in [1.29, 1.82) is 0 Å². The summed E-state index contributed by atoms with van der Waals surface area (Å²) in [5, 5.41) is 0.666. The Morgan fingerprint density at radius 2 is 2.38 bits per heavy atom. The van der Waals surface area contributed by atoms with Crippen molar-refractivity contribution in [3.8, 4) is 11.5 Å². The quantitative estimate of drug-likeness (QED) is 0.879. The van der Waals surface area contributed by atoms with E-state index >= 15 is 0 Å². The van der Waals surface area contributed by atoms with Crippen LogP contribution in [0.2, 0.25) is 5.02 Å². The second kappa shape index (κ2) is 4.93. The largest absolute Gasteiger partial charge is 0.495 e. The molecule has 2 N–H and O–H groups in total. The van der Waals surface area contributed by atoms with E-state index in [1.807, 2.05) is 6.07 Å². The first-order chi connectivity index (χ1) is 7.77. The van der Waals surface area contributed by atoms with Crippen LogP contribution in [-0.2, 0) is 12.8 Å². The number of methoxy groups -OCH3 is 1. The molecular formula is C12H16ClNO2.